The summed E-state index contributed by atoms with van der Waals surface area (Å²) in [4.78, 5) is 0. The van der Waals surface area contributed by atoms with E-state index in [0.29, 0.717) is 0 Å². The van der Waals surface area contributed by atoms with E-state index < -0.39 is 0 Å². The van der Waals surface area contributed by atoms with Crippen LogP contribution in [0.1, 0.15) is 21.8 Å². The molecule has 0 radical (unpaired) electrons. The van der Waals surface area contributed by atoms with Gasteiger partial charge in [0.25, 0.3) is 0 Å². The molecule has 6 heavy (non-hydrogen) atoms. The van der Waals surface area contributed by atoms with Crippen molar-refractivity contribution in [2.24, 2.45) is 0 Å². The fourth-order valence-electron chi connectivity index (χ4n) is 0. The molecule has 0 aromatic carbocycles. The molecule has 0 aliphatic carbocycles. The van der Waals surface area contributed by atoms with Gasteiger partial charge in [-0.15, -0.1) is 0 Å². The minimum Gasteiger partial charge on any atom is -0.166 e. The van der Waals surface area contributed by atoms with Crippen LogP contribution in [0.15, 0.2) is 0 Å². The number of rotatable bonds is 1. The van der Waals surface area contributed by atoms with E-state index in [4.69, 9.17) is 0 Å². The minimum absolute atomic E-state index is 0. The highest BCUT2D eigenvalue weighted by molar-refractivity contribution is 7.98. The van der Waals surface area contributed by atoms with Gasteiger partial charge in [0.15, 0.2) is 0 Å². The average Bonchev–Trinajstić information content (AvgIpc) is 1.37. The Kier molecular flexibility index (Phi) is 49.5. The largest absolute Gasteiger partial charge is 0.166 e. The van der Waals surface area contributed by atoms with Crippen LogP contribution in [-0.4, -0.2) is 12.0 Å². The first kappa shape index (κ1) is 16.2. The van der Waals surface area contributed by atoms with Gasteiger partial charge < -0.3 is 0 Å². The van der Waals surface area contributed by atoms with Gasteiger partial charge in [-0.25, -0.2) is 0 Å². The molecule has 0 nitrogen and oxygen atoms in total. The zero-order valence-electron chi connectivity index (χ0n) is 3.12. The van der Waals surface area contributed by atoms with Gasteiger partial charge in [0.1, 0.15) is 0 Å². The van der Waals surface area contributed by atoms with Crippen LogP contribution in [0.3, 0.4) is 0 Å². The van der Waals surface area contributed by atoms with E-state index in [1.165, 1.54) is 5.75 Å². The first-order valence-corrected chi connectivity index (χ1v) is 2.80. The van der Waals surface area contributed by atoms with Crippen molar-refractivity contribution in [2.45, 2.75) is 21.8 Å². The molecule has 0 aliphatic rings. The van der Waals surface area contributed by atoms with Gasteiger partial charge in [0.05, 0.1) is 0 Å². The lowest BCUT2D eigenvalue weighted by molar-refractivity contribution is 1.53. The molecule has 0 saturated carbocycles. The van der Waals surface area contributed by atoms with Gasteiger partial charge in [0, 0.05) is 0 Å². The Hall–Kier alpha value is 0.350. The molecule has 0 fully saturated rings. The first-order valence-electron chi connectivity index (χ1n) is 1.40. The lowest BCUT2D eigenvalue weighted by Gasteiger charge is -1.69. The van der Waals surface area contributed by atoms with Crippen molar-refractivity contribution in [3.8, 4) is 0 Å². The number of hydrogen-bond acceptors (Lipinski definition) is 1. The van der Waals surface area contributed by atoms with E-state index >= 15 is 0 Å². The van der Waals surface area contributed by atoms with Crippen molar-refractivity contribution < 1.29 is 0 Å². The summed E-state index contributed by atoms with van der Waals surface area (Å²) in [5.74, 6) is 1.24. The van der Waals surface area contributed by atoms with Gasteiger partial charge in [-0.05, 0) is 12.0 Å². The Morgan fingerprint density at radius 2 is 1.50 bits per heavy atom. The summed E-state index contributed by atoms with van der Waals surface area (Å²) in [6.07, 6.45) is 2.10. The van der Waals surface area contributed by atoms with Crippen LogP contribution in [0.5, 0.6) is 0 Å². The normalized spacial score (nSPS) is 5.00. The van der Waals surface area contributed by atoms with Gasteiger partial charge in [-0.2, -0.15) is 11.8 Å². The molecule has 0 amide bonds. The van der Waals surface area contributed by atoms with E-state index in [1.54, 1.807) is 0 Å². The molecule has 0 unspecified atom stereocenters. The molecule has 0 bridgehead atoms. The lowest BCUT2D eigenvalue weighted by Crippen LogP contribution is -1.52. The highest BCUT2D eigenvalue weighted by atomic mass is 32.2. The molecule has 0 N–H and O–H groups in total. The first-order chi connectivity index (χ1) is 1.91. The second-order valence-corrected chi connectivity index (χ2v) is 1.73. The van der Waals surface area contributed by atoms with Gasteiger partial charge in [-0.3, -0.25) is 0 Å². The third kappa shape index (κ3) is 26.8. The SMILES string of the molecule is C.C.CCSC. The molecule has 0 aromatic heterocycles. The second-order valence-electron chi connectivity index (χ2n) is 0.577. The van der Waals surface area contributed by atoms with Crippen LogP contribution in [0, 0.1) is 0 Å². The van der Waals surface area contributed by atoms with Crippen LogP contribution in [0.4, 0.5) is 0 Å². The second kappa shape index (κ2) is 18.3. The highest BCUT2D eigenvalue weighted by Crippen LogP contribution is 1.83. The summed E-state index contributed by atoms with van der Waals surface area (Å²) in [7, 11) is 0. The standard InChI is InChI=1S/C3H8S.2CH4/c1-3-4-2;;/h3H2,1-2H3;2*1H4. The third-order valence-electron chi connectivity index (χ3n) is 0.289. The Morgan fingerprint density at radius 1 is 1.33 bits per heavy atom. The topological polar surface area (TPSA) is 0 Å². The maximum atomic E-state index is 2.14. The predicted molar refractivity (Wildman–Crippen MR) is 37.5 cm³/mol. The van der Waals surface area contributed by atoms with Crippen LogP contribution < -0.4 is 0 Å². The molecular weight excluding hydrogens is 92.1 g/mol. The maximum absolute atomic E-state index is 2.14. The Labute approximate surface area is 46.3 Å². The minimum atomic E-state index is 0. The van der Waals surface area contributed by atoms with Crippen molar-refractivity contribution >= 4 is 11.8 Å². The van der Waals surface area contributed by atoms with E-state index in [2.05, 4.69) is 13.2 Å². The molecule has 0 aliphatic heterocycles. The zero-order valence-corrected chi connectivity index (χ0v) is 3.93. The van der Waals surface area contributed by atoms with Crippen molar-refractivity contribution in [1.29, 1.82) is 0 Å². The van der Waals surface area contributed by atoms with Crippen molar-refractivity contribution in [3.63, 3.8) is 0 Å². The van der Waals surface area contributed by atoms with Crippen LogP contribution in [0.2, 0.25) is 0 Å². The van der Waals surface area contributed by atoms with E-state index in [-0.39, 0.29) is 14.9 Å². The zero-order chi connectivity index (χ0) is 3.41. The molecule has 0 atom stereocenters. The predicted octanol–water partition coefficient (Wildman–Crippen LogP) is 2.64. The summed E-state index contributed by atoms with van der Waals surface area (Å²) in [5.41, 5.74) is 0. The van der Waals surface area contributed by atoms with Crippen molar-refractivity contribution in [3.05, 3.63) is 0 Å². The van der Waals surface area contributed by atoms with Crippen molar-refractivity contribution in [2.75, 3.05) is 12.0 Å². The van der Waals surface area contributed by atoms with Crippen LogP contribution in [-0.2, 0) is 0 Å². The van der Waals surface area contributed by atoms with Crippen LogP contribution in [0.25, 0.3) is 0 Å². The van der Waals surface area contributed by atoms with E-state index in [9.17, 15) is 0 Å². The molecule has 0 spiro atoms. The van der Waals surface area contributed by atoms with Gasteiger partial charge >= 0.3 is 0 Å². The van der Waals surface area contributed by atoms with Gasteiger partial charge in [0.2, 0.25) is 0 Å². The molecular formula is C5H16S. The molecule has 0 saturated heterocycles. The van der Waals surface area contributed by atoms with Crippen LogP contribution >= 0.6 is 11.8 Å². The maximum Gasteiger partial charge on any atom is -0.00988 e. The summed E-state index contributed by atoms with van der Waals surface area (Å²) >= 11 is 1.86. The summed E-state index contributed by atoms with van der Waals surface area (Å²) < 4.78 is 0. The highest BCUT2D eigenvalue weighted by Gasteiger charge is 1.55. The molecule has 1 heteroatoms. The summed E-state index contributed by atoms with van der Waals surface area (Å²) in [6, 6.07) is 0. The Balaban J connectivity index is -0.0000000450. The Bertz CT molecular complexity index is 5.90. The monoisotopic (exact) mass is 108 g/mol. The third-order valence-corrected chi connectivity index (χ3v) is 0.866. The quantitative estimate of drug-likeness (QED) is 0.497. The number of hydrogen-bond donors (Lipinski definition) is 0. The summed E-state index contributed by atoms with van der Waals surface area (Å²) in [5, 5.41) is 0. The molecule has 0 rings (SSSR count). The molecule has 0 aromatic rings. The Morgan fingerprint density at radius 3 is 1.50 bits per heavy atom. The van der Waals surface area contributed by atoms with E-state index in [1.807, 2.05) is 11.8 Å². The average molecular weight is 108 g/mol. The van der Waals surface area contributed by atoms with Crippen molar-refractivity contribution in [1.82, 2.24) is 0 Å². The lowest BCUT2D eigenvalue weighted by atomic mass is 11.0. The fraction of sp³-hybridized carbons (Fsp3) is 1.00. The molecule has 0 heterocycles. The van der Waals surface area contributed by atoms with Gasteiger partial charge in [-0.1, -0.05) is 21.8 Å². The number of thioether (sulfide) groups is 1. The smallest absolute Gasteiger partial charge is 0.00988 e. The summed E-state index contributed by atoms with van der Waals surface area (Å²) in [6.45, 7) is 2.14. The molecule has 42 valence electrons. The van der Waals surface area contributed by atoms with E-state index in [0.717, 1.165) is 0 Å². The fourth-order valence-corrected chi connectivity index (χ4v) is 0.